The van der Waals surface area contributed by atoms with E-state index >= 15 is 0 Å². The van der Waals surface area contributed by atoms with Crippen LogP contribution in [-0.2, 0) is 4.79 Å². The number of amides is 1. The lowest BCUT2D eigenvalue weighted by atomic mass is 10.2. The Morgan fingerprint density at radius 3 is 2.90 bits per heavy atom. The van der Waals surface area contributed by atoms with E-state index in [0.717, 1.165) is 5.92 Å². The van der Waals surface area contributed by atoms with Gasteiger partial charge in [0, 0.05) is 13.0 Å². The lowest BCUT2D eigenvalue weighted by molar-refractivity contribution is -0.119. The quantitative estimate of drug-likeness (QED) is 0.631. The number of carbonyl (C=O) groups is 1. The summed E-state index contributed by atoms with van der Waals surface area (Å²) in [6.45, 7) is 3.77. The van der Waals surface area contributed by atoms with Crippen LogP contribution < -0.4 is 5.32 Å². The monoisotopic (exact) mass is 141 g/mol. The zero-order valence-corrected chi connectivity index (χ0v) is 6.68. The Morgan fingerprint density at radius 2 is 2.40 bits per heavy atom. The number of hydrogen-bond acceptors (Lipinski definition) is 1. The van der Waals surface area contributed by atoms with Crippen LogP contribution in [0.3, 0.4) is 0 Å². The third-order valence-corrected chi connectivity index (χ3v) is 1.97. The molecule has 2 heteroatoms. The van der Waals surface area contributed by atoms with E-state index in [0.29, 0.717) is 6.04 Å². The van der Waals surface area contributed by atoms with E-state index in [2.05, 4.69) is 12.2 Å². The second kappa shape index (κ2) is 3.04. The molecule has 2 nitrogen and oxygen atoms in total. The molecular formula is C8H15NO. The molecule has 1 fully saturated rings. The maximum Gasteiger partial charge on any atom is 0.217 e. The van der Waals surface area contributed by atoms with Gasteiger partial charge in [-0.3, -0.25) is 4.79 Å². The highest BCUT2D eigenvalue weighted by Gasteiger charge is 2.36. The molecule has 0 radical (unpaired) electrons. The Labute approximate surface area is 62.0 Å². The van der Waals surface area contributed by atoms with Crippen LogP contribution in [-0.4, -0.2) is 11.9 Å². The van der Waals surface area contributed by atoms with Gasteiger partial charge in [-0.15, -0.1) is 0 Å². The van der Waals surface area contributed by atoms with Crippen LogP contribution in [0.5, 0.6) is 0 Å². The van der Waals surface area contributed by atoms with Gasteiger partial charge in [-0.05, 0) is 18.8 Å². The van der Waals surface area contributed by atoms with Crippen molar-refractivity contribution in [1.29, 1.82) is 0 Å². The average molecular weight is 141 g/mol. The van der Waals surface area contributed by atoms with Gasteiger partial charge in [-0.1, -0.05) is 13.3 Å². The molecule has 10 heavy (non-hydrogen) atoms. The molecule has 2 atom stereocenters. The standard InChI is InChI=1S/C8H15NO/c1-3-4-7-5-8(7)9-6(2)10/h7-8H,3-5H2,1-2H3,(H,9,10). The van der Waals surface area contributed by atoms with Crippen molar-refractivity contribution >= 4 is 5.91 Å². The van der Waals surface area contributed by atoms with Crippen molar-refractivity contribution in [2.75, 3.05) is 0 Å². The summed E-state index contributed by atoms with van der Waals surface area (Å²) in [4.78, 5) is 10.5. The fourth-order valence-corrected chi connectivity index (χ4v) is 1.38. The van der Waals surface area contributed by atoms with Gasteiger partial charge in [0.15, 0.2) is 0 Å². The van der Waals surface area contributed by atoms with Gasteiger partial charge in [0.05, 0.1) is 0 Å². The summed E-state index contributed by atoms with van der Waals surface area (Å²) in [5.74, 6) is 0.900. The molecule has 0 spiro atoms. The molecule has 1 amide bonds. The van der Waals surface area contributed by atoms with E-state index in [-0.39, 0.29) is 5.91 Å². The van der Waals surface area contributed by atoms with Crippen LogP contribution in [0.1, 0.15) is 33.1 Å². The van der Waals surface area contributed by atoms with Crippen LogP contribution in [0.4, 0.5) is 0 Å². The molecule has 58 valence electrons. The number of carbonyl (C=O) groups excluding carboxylic acids is 1. The highest BCUT2D eigenvalue weighted by molar-refractivity contribution is 5.73. The van der Waals surface area contributed by atoms with Gasteiger partial charge in [-0.25, -0.2) is 0 Å². The summed E-state index contributed by atoms with van der Waals surface area (Å²) in [5.41, 5.74) is 0. The fraction of sp³-hybridized carbons (Fsp3) is 0.875. The Kier molecular flexibility index (Phi) is 2.30. The molecule has 2 unspecified atom stereocenters. The molecule has 0 aromatic carbocycles. The molecular weight excluding hydrogens is 126 g/mol. The zero-order chi connectivity index (χ0) is 7.56. The third-order valence-electron chi connectivity index (χ3n) is 1.97. The van der Waals surface area contributed by atoms with E-state index < -0.39 is 0 Å². The van der Waals surface area contributed by atoms with Crippen LogP contribution >= 0.6 is 0 Å². The van der Waals surface area contributed by atoms with Gasteiger partial charge >= 0.3 is 0 Å². The van der Waals surface area contributed by atoms with Crippen LogP contribution in [0.2, 0.25) is 0 Å². The minimum Gasteiger partial charge on any atom is -0.353 e. The van der Waals surface area contributed by atoms with E-state index in [9.17, 15) is 4.79 Å². The summed E-state index contributed by atoms with van der Waals surface area (Å²) < 4.78 is 0. The van der Waals surface area contributed by atoms with Crippen LogP contribution in [0, 0.1) is 5.92 Å². The first-order valence-electron chi connectivity index (χ1n) is 4.01. The van der Waals surface area contributed by atoms with Gasteiger partial charge in [0.1, 0.15) is 0 Å². The van der Waals surface area contributed by atoms with Gasteiger partial charge in [0.2, 0.25) is 5.91 Å². The van der Waals surface area contributed by atoms with Crippen molar-refractivity contribution in [1.82, 2.24) is 5.32 Å². The molecule has 0 heterocycles. The van der Waals surface area contributed by atoms with Gasteiger partial charge < -0.3 is 5.32 Å². The van der Waals surface area contributed by atoms with Crippen molar-refractivity contribution in [3.63, 3.8) is 0 Å². The lowest BCUT2D eigenvalue weighted by Gasteiger charge is -1.97. The smallest absolute Gasteiger partial charge is 0.217 e. The maximum atomic E-state index is 10.5. The Bertz CT molecular complexity index is 133. The summed E-state index contributed by atoms with van der Waals surface area (Å²) in [6.07, 6.45) is 3.71. The van der Waals surface area contributed by atoms with E-state index in [1.807, 2.05) is 0 Å². The molecule has 1 aliphatic carbocycles. The van der Waals surface area contributed by atoms with Crippen molar-refractivity contribution in [2.45, 2.75) is 39.2 Å². The Morgan fingerprint density at radius 1 is 1.70 bits per heavy atom. The number of rotatable bonds is 3. The average Bonchev–Trinajstić information content (AvgIpc) is 2.47. The minimum absolute atomic E-state index is 0.114. The van der Waals surface area contributed by atoms with Gasteiger partial charge in [-0.2, -0.15) is 0 Å². The third kappa shape index (κ3) is 2.01. The zero-order valence-electron chi connectivity index (χ0n) is 6.68. The second-order valence-corrected chi connectivity index (χ2v) is 3.09. The molecule has 0 aliphatic heterocycles. The maximum absolute atomic E-state index is 10.5. The van der Waals surface area contributed by atoms with Gasteiger partial charge in [0.25, 0.3) is 0 Å². The molecule has 0 bridgehead atoms. The van der Waals surface area contributed by atoms with E-state index in [1.54, 1.807) is 6.92 Å². The van der Waals surface area contributed by atoms with Crippen molar-refractivity contribution in [3.05, 3.63) is 0 Å². The summed E-state index contributed by atoms with van der Waals surface area (Å²) >= 11 is 0. The van der Waals surface area contributed by atoms with Crippen LogP contribution in [0.25, 0.3) is 0 Å². The lowest BCUT2D eigenvalue weighted by Crippen LogP contribution is -2.23. The second-order valence-electron chi connectivity index (χ2n) is 3.09. The number of hydrogen-bond donors (Lipinski definition) is 1. The van der Waals surface area contributed by atoms with Crippen molar-refractivity contribution in [3.8, 4) is 0 Å². The summed E-state index contributed by atoms with van der Waals surface area (Å²) in [7, 11) is 0. The molecule has 0 aromatic heterocycles. The minimum atomic E-state index is 0.114. The Hall–Kier alpha value is -0.530. The van der Waals surface area contributed by atoms with Crippen LogP contribution in [0.15, 0.2) is 0 Å². The fourth-order valence-electron chi connectivity index (χ4n) is 1.38. The summed E-state index contributed by atoms with van der Waals surface area (Å²) in [6, 6.07) is 0.512. The molecule has 1 rings (SSSR count). The molecule has 1 N–H and O–H groups in total. The largest absolute Gasteiger partial charge is 0.353 e. The predicted molar refractivity (Wildman–Crippen MR) is 40.6 cm³/mol. The highest BCUT2D eigenvalue weighted by atomic mass is 16.1. The van der Waals surface area contributed by atoms with E-state index in [4.69, 9.17) is 0 Å². The van der Waals surface area contributed by atoms with Crippen molar-refractivity contribution in [2.24, 2.45) is 5.92 Å². The van der Waals surface area contributed by atoms with E-state index in [1.165, 1.54) is 19.3 Å². The predicted octanol–water partition coefficient (Wildman–Crippen LogP) is 1.31. The first-order chi connectivity index (χ1) is 4.74. The Balaban J connectivity index is 2.07. The SMILES string of the molecule is CCCC1CC1NC(C)=O. The normalized spacial score (nSPS) is 29.8. The molecule has 1 aliphatic rings. The molecule has 0 saturated heterocycles. The highest BCUT2D eigenvalue weighted by Crippen LogP contribution is 2.34. The molecule has 0 aromatic rings. The topological polar surface area (TPSA) is 29.1 Å². The molecule has 1 saturated carbocycles. The first-order valence-corrected chi connectivity index (χ1v) is 4.01. The summed E-state index contributed by atoms with van der Waals surface area (Å²) in [5, 5.41) is 2.91. The number of nitrogens with one attached hydrogen (secondary N) is 1. The first kappa shape index (κ1) is 7.58. The van der Waals surface area contributed by atoms with Crippen molar-refractivity contribution < 1.29 is 4.79 Å².